The standard InChI is InChI=1S/C27H31N3O2/c1-21(23-6-4-3-5-7-23)19-30-16-17-32-27(20-30,26(31)28-2)18-22-8-10-24(11-9-22)25-12-14-29-15-13-25/h3-15,21H,16-20H2,1-2H3,(H,28,31)/t21-,27-/m0/s1. The second kappa shape index (κ2) is 10.1. The van der Waals surface area contributed by atoms with Gasteiger partial charge in [-0.3, -0.25) is 14.7 Å². The lowest BCUT2D eigenvalue weighted by Crippen LogP contribution is -2.61. The molecule has 5 heteroatoms. The first kappa shape index (κ1) is 22.2. The highest BCUT2D eigenvalue weighted by Crippen LogP contribution is 2.27. The molecule has 2 aromatic carbocycles. The van der Waals surface area contributed by atoms with E-state index >= 15 is 0 Å². The summed E-state index contributed by atoms with van der Waals surface area (Å²) >= 11 is 0. The molecule has 1 amide bonds. The zero-order chi connectivity index (χ0) is 22.4. The molecule has 2 atom stereocenters. The Kier molecular flexibility index (Phi) is 6.98. The molecular weight excluding hydrogens is 398 g/mol. The van der Waals surface area contributed by atoms with Crippen LogP contribution in [0.15, 0.2) is 79.1 Å². The lowest BCUT2D eigenvalue weighted by Gasteiger charge is -2.42. The smallest absolute Gasteiger partial charge is 0.253 e. The zero-order valence-electron chi connectivity index (χ0n) is 18.8. The molecule has 1 N–H and O–H groups in total. The second-order valence-corrected chi connectivity index (χ2v) is 8.58. The van der Waals surface area contributed by atoms with Gasteiger partial charge in [0, 0.05) is 45.5 Å². The fourth-order valence-electron chi connectivity index (χ4n) is 4.53. The molecular formula is C27H31N3O2. The molecule has 2 heterocycles. The van der Waals surface area contributed by atoms with Crippen molar-refractivity contribution in [1.29, 1.82) is 0 Å². The van der Waals surface area contributed by atoms with Crippen molar-refractivity contribution in [2.75, 3.05) is 33.3 Å². The molecule has 4 rings (SSSR count). The van der Waals surface area contributed by atoms with Gasteiger partial charge in [0.25, 0.3) is 5.91 Å². The average Bonchev–Trinajstić information content (AvgIpc) is 2.85. The van der Waals surface area contributed by atoms with Crippen LogP contribution in [0.2, 0.25) is 0 Å². The van der Waals surface area contributed by atoms with E-state index < -0.39 is 5.60 Å². The Balaban J connectivity index is 1.50. The van der Waals surface area contributed by atoms with Gasteiger partial charge in [-0.05, 0) is 40.3 Å². The predicted molar refractivity (Wildman–Crippen MR) is 127 cm³/mol. The third-order valence-electron chi connectivity index (χ3n) is 6.26. The van der Waals surface area contributed by atoms with E-state index in [0.717, 1.165) is 29.8 Å². The van der Waals surface area contributed by atoms with Crippen molar-refractivity contribution in [2.24, 2.45) is 0 Å². The number of carbonyl (C=O) groups is 1. The lowest BCUT2D eigenvalue weighted by atomic mass is 9.89. The van der Waals surface area contributed by atoms with E-state index in [2.05, 4.69) is 70.7 Å². The molecule has 1 fully saturated rings. The van der Waals surface area contributed by atoms with Crippen molar-refractivity contribution in [3.63, 3.8) is 0 Å². The van der Waals surface area contributed by atoms with E-state index in [4.69, 9.17) is 4.74 Å². The lowest BCUT2D eigenvalue weighted by molar-refractivity contribution is -0.159. The summed E-state index contributed by atoms with van der Waals surface area (Å²) in [4.78, 5) is 19.5. The number of benzene rings is 2. The minimum absolute atomic E-state index is 0.0622. The topological polar surface area (TPSA) is 54.5 Å². The molecule has 1 saturated heterocycles. The molecule has 1 aliphatic heterocycles. The van der Waals surface area contributed by atoms with Crippen LogP contribution in [-0.4, -0.2) is 54.7 Å². The minimum atomic E-state index is -0.887. The molecule has 3 aromatic rings. The molecule has 1 aromatic heterocycles. The summed E-state index contributed by atoms with van der Waals surface area (Å²) in [5.41, 5.74) is 3.78. The van der Waals surface area contributed by atoms with Gasteiger partial charge in [-0.15, -0.1) is 0 Å². The Hall–Kier alpha value is -3.02. The van der Waals surface area contributed by atoms with Crippen LogP contribution in [0, 0.1) is 0 Å². The highest BCUT2D eigenvalue weighted by Gasteiger charge is 2.43. The fourth-order valence-corrected chi connectivity index (χ4v) is 4.53. The van der Waals surface area contributed by atoms with Gasteiger partial charge in [0.1, 0.15) is 0 Å². The van der Waals surface area contributed by atoms with Crippen molar-refractivity contribution in [3.8, 4) is 11.1 Å². The van der Waals surface area contributed by atoms with Crippen molar-refractivity contribution < 1.29 is 9.53 Å². The number of pyridine rings is 1. The number of nitrogens with one attached hydrogen (secondary N) is 1. The van der Waals surface area contributed by atoms with Gasteiger partial charge in [0.15, 0.2) is 5.60 Å². The molecule has 0 bridgehead atoms. The van der Waals surface area contributed by atoms with Crippen LogP contribution in [0.25, 0.3) is 11.1 Å². The number of nitrogens with zero attached hydrogens (tertiary/aromatic N) is 2. The number of hydrogen-bond donors (Lipinski definition) is 1. The van der Waals surface area contributed by atoms with E-state index in [-0.39, 0.29) is 5.91 Å². The zero-order valence-corrected chi connectivity index (χ0v) is 18.8. The van der Waals surface area contributed by atoms with E-state index in [1.165, 1.54) is 5.56 Å². The number of amides is 1. The van der Waals surface area contributed by atoms with Crippen LogP contribution in [0.4, 0.5) is 0 Å². The fraction of sp³-hybridized carbons (Fsp3) is 0.333. The molecule has 32 heavy (non-hydrogen) atoms. The van der Waals surface area contributed by atoms with Gasteiger partial charge in [-0.2, -0.15) is 0 Å². The molecule has 1 aliphatic rings. The highest BCUT2D eigenvalue weighted by molar-refractivity contribution is 5.86. The predicted octanol–water partition coefficient (Wildman–Crippen LogP) is 3.91. The Labute approximate surface area is 190 Å². The number of ether oxygens (including phenoxy) is 1. The molecule has 5 nitrogen and oxygen atoms in total. The second-order valence-electron chi connectivity index (χ2n) is 8.58. The number of likely N-dealkylation sites (N-methyl/N-ethyl adjacent to an activating group) is 1. The van der Waals surface area contributed by atoms with Crippen LogP contribution < -0.4 is 5.32 Å². The summed E-state index contributed by atoms with van der Waals surface area (Å²) in [5, 5.41) is 2.84. The SMILES string of the molecule is CNC(=O)[C@]1(Cc2ccc(-c3ccncc3)cc2)CN(C[C@H](C)c2ccccc2)CCO1. The molecule has 0 saturated carbocycles. The molecule has 0 radical (unpaired) electrons. The summed E-state index contributed by atoms with van der Waals surface area (Å²) < 4.78 is 6.19. The Morgan fingerprint density at radius 3 is 2.44 bits per heavy atom. The minimum Gasteiger partial charge on any atom is -0.362 e. The van der Waals surface area contributed by atoms with Crippen molar-refractivity contribution in [3.05, 3.63) is 90.3 Å². The van der Waals surface area contributed by atoms with Crippen molar-refractivity contribution in [1.82, 2.24) is 15.2 Å². The van der Waals surface area contributed by atoms with Gasteiger partial charge in [0.2, 0.25) is 0 Å². The molecule has 0 aliphatic carbocycles. The number of rotatable bonds is 7. The Morgan fingerprint density at radius 2 is 1.75 bits per heavy atom. The first-order valence-corrected chi connectivity index (χ1v) is 11.2. The molecule has 0 spiro atoms. The van der Waals surface area contributed by atoms with Crippen molar-refractivity contribution >= 4 is 5.91 Å². The average molecular weight is 430 g/mol. The summed E-state index contributed by atoms with van der Waals surface area (Å²) in [6, 6.07) is 22.9. The third-order valence-corrected chi connectivity index (χ3v) is 6.26. The quantitative estimate of drug-likeness (QED) is 0.619. The van der Waals surface area contributed by atoms with E-state index in [1.54, 1.807) is 19.4 Å². The number of aromatic nitrogens is 1. The van der Waals surface area contributed by atoms with Gasteiger partial charge in [0.05, 0.1) is 6.61 Å². The van der Waals surface area contributed by atoms with E-state index in [1.807, 2.05) is 18.2 Å². The summed E-state index contributed by atoms with van der Waals surface area (Å²) in [6.07, 6.45) is 4.13. The first-order valence-electron chi connectivity index (χ1n) is 11.2. The third kappa shape index (κ3) is 5.06. The van der Waals surface area contributed by atoms with Gasteiger partial charge < -0.3 is 10.1 Å². The largest absolute Gasteiger partial charge is 0.362 e. The van der Waals surface area contributed by atoms with Crippen LogP contribution >= 0.6 is 0 Å². The first-order chi connectivity index (χ1) is 15.6. The van der Waals surface area contributed by atoms with Gasteiger partial charge in [-0.25, -0.2) is 0 Å². The van der Waals surface area contributed by atoms with Crippen LogP contribution in [0.3, 0.4) is 0 Å². The Morgan fingerprint density at radius 1 is 1.06 bits per heavy atom. The maximum atomic E-state index is 13.0. The van der Waals surface area contributed by atoms with Crippen LogP contribution in [-0.2, 0) is 16.0 Å². The summed E-state index contributed by atoms with van der Waals surface area (Å²) in [5.74, 6) is 0.323. The number of hydrogen-bond acceptors (Lipinski definition) is 4. The monoisotopic (exact) mass is 429 g/mol. The van der Waals surface area contributed by atoms with Gasteiger partial charge >= 0.3 is 0 Å². The van der Waals surface area contributed by atoms with E-state index in [9.17, 15) is 4.79 Å². The summed E-state index contributed by atoms with van der Waals surface area (Å²) in [7, 11) is 1.69. The highest BCUT2D eigenvalue weighted by atomic mass is 16.5. The van der Waals surface area contributed by atoms with Gasteiger partial charge in [-0.1, -0.05) is 61.5 Å². The van der Waals surface area contributed by atoms with Crippen LogP contribution in [0.5, 0.6) is 0 Å². The molecule has 166 valence electrons. The Bertz CT molecular complexity index is 1010. The maximum Gasteiger partial charge on any atom is 0.253 e. The number of morpholine rings is 1. The van der Waals surface area contributed by atoms with Crippen LogP contribution in [0.1, 0.15) is 24.0 Å². The molecule has 0 unspecified atom stereocenters. The maximum absolute atomic E-state index is 13.0. The summed E-state index contributed by atoms with van der Waals surface area (Å²) in [6.45, 7) is 5.09. The van der Waals surface area contributed by atoms with E-state index in [0.29, 0.717) is 25.5 Å². The number of carbonyl (C=O) groups excluding carboxylic acids is 1. The van der Waals surface area contributed by atoms with Crippen molar-refractivity contribution in [2.45, 2.75) is 24.9 Å². The normalized spacial score (nSPS) is 19.9.